The number of carbonyl (C=O) groups is 1. The average Bonchev–Trinajstić information content (AvgIpc) is 2.34. The minimum absolute atomic E-state index is 0.0783. The van der Waals surface area contributed by atoms with Crippen molar-refractivity contribution in [3.05, 3.63) is 23.8 Å². The smallest absolute Gasteiger partial charge is 0.255 e. The van der Waals surface area contributed by atoms with Crippen molar-refractivity contribution in [2.24, 2.45) is 5.73 Å². The van der Waals surface area contributed by atoms with Crippen molar-refractivity contribution >= 4 is 5.91 Å². The summed E-state index contributed by atoms with van der Waals surface area (Å²) in [6.07, 6.45) is 2.85. The van der Waals surface area contributed by atoms with E-state index in [0.29, 0.717) is 6.54 Å². The van der Waals surface area contributed by atoms with Crippen LogP contribution in [0.1, 0.15) is 36.5 Å². The van der Waals surface area contributed by atoms with Gasteiger partial charge in [-0.15, -0.1) is 0 Å². The maximum absolute atomic E-state index is 11.9. The third-order valence-electron chi connectivity index (χ3n) is 2.75. The number of phenolic OH excluding ortho intramolecular Hbond substituents is 2. The predicted octanol–water partition coefficient (Wildman–Crippen LogP) is 1.35. The standard InChI is InChI=1S/C13H20N2O3/c1-2-3-4-9(8-14)15-13(18)11-6-5-10(16)7-12(11)17/h5-7,9,16-17H,2-4,8,14H2,1H3,(H,15,18). The molecule has 1 aromatic rings. The molecule has 0 saturated heterocycles. The molecule has 1 aromatic carbocycles. The number of hydrogen-bond acceptors (Lipinski definition) is 4. The highest BCUT2D eigenvalue weighted by Gasteiger charge is 2.15. The fraction of sp³-hybridized carbons (Fsp3) is 0.462. The van der Waals surface area contributed by atoms with Gasteiger partial charge in [-0.05, 0) is 18.6 Å². The Morgan fingerprint density at radius 2 is 2.17 bits per heavy atom. The molecule has 0 saturated carbocycles. The monoisotopic (exact) mass is 252 g/mol. The normalized spacial score (nSPS) is 12.1. The Hall–Kier alpha value is -1.75. The Balaban J connectivity index is 2.68. The summed E-state index contributed by atoms with van der Waals surface area (Å²) in [6, 6.07) is 3.79. The van der Waals surface area contributed by atoms with Gasteiger partial charge in [0.15, 0.2) is 0 Å². The van der Waals surface area contributed by atoms with Crippen molar-refractivity contribution in [2.75, 3.05) is 6.54 Å². The van der Waals surface area contributed by atoms with Crippen molar-refractivity contribution in [2.45, 2.75) is 32.2 Å². The maximum Gasteiger partial charge on any atom is 0.255 e. The van der Waals surface area contributed by atoms with E-state index in [-0.39, 0.29) is 29.0 Å². The molecular weight excluding hydrogens is 232 g/mol. The van der Waals surface area contributed by atoms with Crippen LogP contribution in [0, 0.1) is 0 Å². The number of unbranched alkanes of at least 4 members (excludes halogenated alkanes) is 1. The highest BCUT2D eigenvalue weighted by molar-refractivity contribution is 5.97. The quantitative estimate of drug-likeness (QED) is 0.614. The molecule has 1 atom stereocenters. The lowest BCUT2D eigenvalue weighted by molar-refractivity contribution is 0.0933. The van der Waals surface area contributed by atoms with E-state index in [9.17, 15) is 9.90 Å². The van der Waals surface area contributed by atoms with Gasteiger partial charge in [0.1, 0.15) is 11.5 Å². The van der Waals surface area contributed by atoms with E-state index in [1.54, 1.807) is 0 Å². The van der Waals surface area contributed by atoms with Crippen LogP contribution in [-0.2, 0) is 0 Å². The van der Waals surface area contributed by atoms with E-state index in [4.69, 9.17) is 10.8 Å². The van der Waals surface area contributed by atoms with Gasteiger partial charge >= 0.3 is 0 Å². The van der Waals surface area contributed by atoms with Gasteiger partial charge in [-0.3, -0.25) is 4.79 Å². The van der Waals surface area contributed by atoms with Crippen LogP contribution in [0.15, 0.2) is 18.2 Å². The van der Waals surface area contributed by atoms with Crippen LogP contribution in [0.2, 0.25) is 0 Å². The molecule has 0 heterocycles. The van der Waals surface area contributed by atoms with Crippen LogP contribution >= 0.6 is 0 Å². The molecule has 0 aliphatic rings. The molecule has 18 heavy (non-hydrogen) atoms. The minimum atomic E-state index is -0.376. The molecule has 1 amide bonds. The van der Waals surface area contributed by atoms with Gasteiger partial charge in [0, 0.05) is 18.7 Å². The van der Waals surface area contributed by atoms with Crippen molar-refractivity contribution < 1.29 is 15.0 Å². The van der Waals surface area contributed by atoms with Gasteiger partial charge in [0.2, 0.25) is 0 Å². The molecule has 5 N–H and O–H groups in total. The van der Waals surface area contributed by atoms with E-state index in [1.807, 2.05) is 0 Å². The average molecular weight is 252 g/mol. The van der Waals surface area contributed by atoms with Gasteiger partial charge in [-0.1, -0.05) is 19.8 Å². The predicted molar refractivity (Wildman–Crippen MR) is 69.6 cm³/mol. The number of benzene rings is 1. The third-order valence-corrected chi connectivity index (χ3v) is 2.75. The van der Waals surface area contributed by atoms with Crippen molar-refractivity contribution in [3.8, 4) is 11.5 Å². The number of amides is 1. The third kappa shape index (κ3) is 3.92. The van der Waals surface area contributed by atoms with E-state index in [2.05, 4.69) is 12.2 Å². The molecule has 0 spiro atoms. The van der Waals surface area contributed by atoms with Crippen LogP contribution in [0.25, 0.3) is 0 Å². The molecule has 1 unspecified atom stereocenters. The van der Waals surface area contributed by atoms with Crippen LogP contribution in [0.3, 0.4) is 0 Å². The molecule has 0 aliphatic carbocycles. The number of phenols is 2. The minimum Gasteiger partial charge on any atom is -0.508 e. The Bertz CT molecular complexity index is 407. The summed E-state index contributed by atoms with van der Waals surface area (Å²) in [6.45, 7) is 2.44. The van der Waals surface area contributed by atoms with Crippen LogP contribution in [0.4, 0.5) is 0 Å². The zero-order valence-electron chi connectivity index (χ0n) is 10.5. The highest BCUT2D eigenvalue weighted by Crippen LogP contribution is 2.22. The van der Waals surface area contributed by atoms with Gasteiger partial charge in [-0.2, -0.15) is 0 Å². The number of nitrogens with one attached hydrogen (secondary N) is 1. The summed E-state index contributed by atoms with van der Waals surface area (Å²) in [7, 11) is 0. The van der Waals surface area contributed by atoms with Crippen LogP contribution in [0.5, 0.6) is 11.5 Å². The number of aromatic hydroxyl groups is 2. The van der Waals surface area contributed by atoms with Crippen molar-refractivity contribution in [1.29, 1.82) is 0 Å². The molecule has 100 valence electrons. The second-order valence-electron chi connectivity index (χ2n) is 4.25. The van der Waals surface area contributed by atoms with Crippen LogP contribution in [-0.4, -0.2) is 28.7 Å². The van der Waals surface area contributed by atoms with Gasteiger partial charge in [0.05, 0.1) is 5.56 Å². The molecule has 0 aromatic heterocycles. The lowest BCUT2D eigenvalue weighted by Gasteiger charge is -2.16. The van der Waals surface area contributed by atoms with E-state index in [1.165, 1.54) is 12.1 Å². The first kappa shape index (κ1) is 14.3. The van der Waals surface area contributed by atoms with Crippen LogP contribution < -0.4 is 11.1 Å². The first-order valence-corrected chi connectivity index (χ1v) is 6.11. The first-order chi connectivity index (χ1) is 8.58. The largest absolute Gasteiger partial charge is 0.508 e. The summed E-state index contributed by atoms with van der Waals surface area (Å²) >= 11 is 0. The number of carbonyl (C=O) groups excluding carboxylic acids is 1. The van der Waals surface area contributed by atoms with E-state index in [0.717, 1.165) is 25.3 Å². The molecule has 0 radical (unpaired) electrons. The first-order valence-electron chi connectivity index (χ1n) is 6.11. The SMILES string of the molecule is CCCCC(CN)NC(=O)c1ccc(O)cc1O. The summed E-state index contributed by atoms with van der Waals surface area (Å²) < 4.78 is 0. The highest BCUT2D eigenvalue weighted by atomic mass is 16.3. The van der Waals surface area contributed by atoms with Crippen molar-refractivity contribution in [1.82, 2.24) is 5.32 Å². The summed E-state index contributed by atoms with van der Waals surface area (Å²) in [4.78, 5) is 11.9. The summed E-state index contributed by atoms with van der Waals surface area (Å²) in [5, 5.41) is 21.5. The van der Waals surface area contributed by atoms with Gasteiger partial charge in [-0.25, -0.2) is 0 Å². The fourth-order valence-corrected chi connectivity index (χ4v) is 1.67. The second kappa shape index (κ2) is 6.86. The molecule has 1 rings (SSSR count). The Morgan fingerprint density at radius 3 is 2.72 bits per heavy atom. The van der Waals surface area contributed by atoms with Crippen molar-refractivity contribution in [3.63, 3.8) is 0 Å². The zero-order valence-corrected chi connectivity index (χ0v) is 10.5. The summed E-state index contributed by atoms with van der Waals surface area (Å²) in [5.74, 6) is -0.691. The lowest BCUT2D eigenvalue weighted by atomic mass is 10.1. The second-order valence-corrected chi connectivity index (χ2v) is 4.25. The molecular formula is C13H20N2O3. The Morgan fingerprint density at radius 1 is 1.44 bits per heavy atom. The Labute approximate surface area is 107 Å². The number of rotatable bonds is 6. The van der Waals surface area contributed by atoms with E-state index >= 15 is 0 Å². The molecule has 0 aliphatic heterocycles. The van der Waals surface area contributed by atoms with E-state index < -0.39 is 0 Å². The zero-order chi connectivity index (χ0) is 13.5. The topological polar surface area (TPSA) is 95.6 Å². The molecule has 5 heteroatoms. The summed E-state index contributed by atoms with van der Waals surface area (Å²) in [5.41, 5.74) is 5.73. The number of nitrogens with two attached hydrogens (primary N) is 1. The molecule has 0 bridgehead atoms. The lowest BCUT2D eigenvalue weighted by Crippen LogP contribution is -2.40. The Kier molecular flexibility index (Phi) is 5.45. The number of hydrogen-bond donors (Lipinski definition) is 4. The maximum atomic E-state index is 11.9. The van der Waals surface area contributed by atoms with Gasteiger partial charge < -0.3 is 21.3 Å². The fourth-order valence-electron chi connectivity index (χ4n) is 1.67. The molecule has 0 fully saturated rings. The van der Waals surface area contributed by atoms with Gasteiger partial charge in [0.25, 0.3) is 5.91 Å². The molecule has 5 nitrogen and oxygen atoms in total.